The van der Waals surface area contributed by atoms with Crippen LogP contribution in [-0.4, -0.2) is 29.7 Å². The predicted octanol–water partition coefficient (Wildman–Crippen LogP) is 1.20. The molecule has 17 heavy (non-hydrogen) atoms. The Balaban J connectivity index is 1.79. The molecule has 1 fully saturated rings. The van der Waals surface area contributed by atoms with Crippen LogP contribution in [0.15, 0.2) is 18.2 Å². The van der Waals surface area contributed by atoms with Crippen LogP contribution in [0.25, 0.3) is 0 Å². The number of nitrogens with one attached hydrogen (secondary N) is 1. The second kappa shape index (κ2) is 4.12. The number of hydrogen-bond acceptors (Lipinski definition) is 5. The molecule has 0 radical (unpaired) electrons. The zero-order valence-electron chi connectivity index (χ0n) is 8.88. The van der Waals surface area contributed by atoms with Crippen molar-refractivity contribution >= 4 is 17.7 Å². The van der Waals surface area contributed by atoms with Crippen LogP contribution in [0.5, 0.6) is 11.5 Å². The van der Waals surface area contributed by atoms with Crippen molar-refractivity contribution in [1.29, 1.82) is 0 Å². The Bertz CT molecular complexity index is 465. The third-order valence-corrected chi connectivity index (χ3v) is 4.05. The molecular formula is C11H11NO4S. The number of carboxylic acid groups (broad SMARTS) is 1. The molecular weight excluding hydrogens is 242 g/mol. The van der Waals surface area contributed by atoms with E-state index in [-0.39, 0.29) is 12.2 Å². The van der Waals surface area contributed by atoms with Gasteiger partial charge in [0.05, 0.1) is 5.37 Å². The average Bonchev–Trinajstić information content (AvgIpc) is 2.97. The summed E-state index contributed by atoms with van der Waals surface area (Å²) < 4.78 is 10.5. The Labute approximate surface area is 102 Å². The number of rotatable bonds is 2. The van der Waals surface area contributed by atoms with Crippen molar-refractivity contribution in [2.75, 3.05) is 12.5 Å². The maximum Gasteiger partial charge on any atom is 0.321 e. The number of thioether (sulfide) groups is 1. The third kappa shape index (κ3) is 1.94. The van der Waals surface area contributed by atoms with E-state index >= 15 is 0 Å². The molecule has 90 valence electrons. The van der Waals surface area contributed by atoms with Gasteiger partial charge in [-0.2, -0.15) is 0 Å². The van der Waals surface area contributed by atoms with E-state index in [0.29, 0.717) is 5.75 Å². The highest BCUT2D eigenvalue weighted by Crippen LogP contribution is 2.39. The molecule has 1 aromatic carbocycles. The van der Waals surface area contributed by atoms with Gasteiger partial charge in [0.15, 0.2) is 11.5 Å². The Hall–Kier alpha value is -1.40. The fourth-order valence-electron chi connectivity index (χ4n) is 1.88. The van der Waals surface area contributed by atoms with E-state index in [1.165, 1.54) is 0 Å². The predicted molar refractivity (Wildman–Crippen MR) is 62.3 cm³/mol. The topological polar surface area (TPSA) is 67.8 Å². The van der Waals surface area contributed by atoms with E-state index in [4.69, 9.17) is 14.6 Å². The number of carboxylic acids is 1. The summed E-state index contributed by atoms with van der Waals surface area (Å²) in [6.45, 7) is 0.252. The fourth-order valence-corrected chi connectivity index (χ4v) is 3.11. The number of carbonyl (C=O) groups is 1. The molecule has 6 heteroatoms. The van der Waals surface area contributed by atoms with Gasteiger partial charge in [-0.1, -0.05) is 6.07 Å². The minimum absolute atomic E-state index is 0.00519. The van der Waals surface area contributed by atoms with Crippen LogP contribution < -0.4 is 14.8 Å². The minimum atomic E-state index is -0.805. The quantitative estimate of drug-likeness (QED) is 0.825. The highest BCUT2D eigenvalue weighted by Gasteiger charge is 2.31. The number of fused-ring (bicyclic) bond motifs is 1. The molecule has 1 saturated heterocycles. The van der Waals surface area contributed by atoms with E-state index in [1.807, 2.05) is 18.2 Å². The Morgan fingerprint density at radius 2 is 2.24 bits per heavy atom. The van der Waals surface area contributed by atoms with Crippen molar-refractivity contribution in [1.82, 2.24) is 5.32 Å². The lowest BCUT2D eigenvalue weighted by Gasteiger charge is -2.11. The number of aliphatic carboxylic acids is 1. The maximum absolute atomic E-state index is 10.8. The van der Waals surface area contributed by atoms with Crippen molar-refractivity contribution in [3.05, 3.63) is 23.8 Å². The zero-order valence-corrected chi connectivity index (χ0v) is 9.70. The van der Waals surface area contributed by atoms with Crippen molar-refractivity contribution in [3.63, 3.8) is 0 Å². The monoisotopic (exact) mass is 253 g/mol. The van der Waals surface area contributed by atoms with E-state index < -0.39 is 12.0 Å². The molecule has 0 spiro atoms. The second-order valence-corrected chi connectivity index (χ2v) is 5.02. The molecule has 0 unspecified atom stereocenters. The molecule has 0 saturated carbocycles. The van der Waals surface area contributed by atoms with Gasteiger partial charge < -0.3 is 14.6 Å². The molecule has 5 nitrogen and oxygen atoms in total. The molecule has 2 heterocycles. The summed E-state index contributed by atoms with van der Waals surface area (Å²) in [5.41, 5.74) is 1.02. The summed E-state index contributed by atoms with van der Waals surface area (Å²) >= 11 is 1.59. The van der Waals surface area contributed by atoms with Gasteiger partial charge in [-0.15, -0.1) is 11.8 Å². The Kier molecular flexibility index (Phi) is 2.60. The van der Waals surface area contributed by atoms with Gasteiger partial charge >= 0.3 is 5.97 Å². The largest absolute Gasteiger partial charge is 0.480 e. The second-order valence-electron chi connectivity index (χ2n) is 3.88. The van der Waals surface area contributed by atoms with Crippen LogP contribution >= 0.6 is 11.8 Å². The van der Waals surface area contributed by atoms with Crippen molar-refractivity contribution in [3.8, 4) is 11.5 Å². The smallest absolute Gasteiger partial charge is 0.321 e. The van der Waals surface area contributed by atoms with Gasteiger partial charge in [-0.3, -0.25) is 10.1 Å². The number of ether oxygens (including phenoxy) is 2. The molecule has 0 amide bonds. The SMILES string of the molecule is O=C(O)[C@@H]1CS[C@@H](c2ccc3c(c2)OCO3)N1. The molecule has 2 N–H and O–H groups in total. The highest BCUT2D eigenvalue weighted by molar-refractivity contribution is 7.99. The maximum atomic E-state index is 10.8. The van der Waals surface area contributed by atoms with Crippen LogP contribution in [0.2, 0.25) is 0 Å². The first-order valence-corrected chi connectivity index (χ1v) is 6.29. The summed E-state index contributed by atoms with van der Waals surface area (Å²) in [5.74, 6) is 1.24. The van der Waals surface area contributed by atoms with Gasteiger partial charge in [0.2, 0.25) is 6.79 Å². The first kappa shape index (κ1) is 10.7. The standard InChI is InChI=1S/C11H11NO4S/c13-11(14)7-4-17-10(12-7)6-1-2-8-9(3-6)16-5-15-8/h1-3,7,10,12H,4-5H2,(H,13,14)/t7-,10-/m0/s1. The highest BCUT2D eigenvalue weighted by atomic mass is 32.2. The Morgan fingerprint density at radius 1 is 1.41 bits per heavy atom. The molecule has 3 rings (SSSR count). The number of hydrogen-bond donors (Lipinski definition) is 2. The van der Waals surface area contributed by atoms with Crippen LogP contribution in [0.3, 0.4) is 0 Å². The van der Waals surface area contributed by atoms with E-state index in [9.17, 15) is 4.79 Å². The molecule has 0 aliphatic carbocycles. The van der Waals surface area contributed by atoms with Gasteiger partial charge in [0.25, 0.3) is 0 Å². The van der Waals surface area contributed by atoms with Crippen LogP contribution in [0, 0.1) is 0 Å². The van der Waals surface area contributed by atoms with Gasteiger partial charge in [0, 0.05) is 5.75 Å². The number of benzene rings is 1. The first-order chi connectivity index (χ1) is 8.24. The minimum Gasteiger partial charge on any atom is -0.480 e. The van der Waals surface area contributed by atoms with Crippen molar-refractivity contribution in [2.45, 2.75) is 11.4 Å². The van der Waals surface area contributed by atoms with Crippen molar-refractivity contribution in [2.24, 2.45) is 0 Å². The lowest BCUT2D eigenvalue weighted by molar-refractivity contribution is -0.138. The van der Waals surface area contributed by atoms with Crippen LogP contribution in [-0.2, 0) is 4.79 Å². The lowest BCUT2D eigenvalue weighted by atomic mass is 10.2. The molecule has 0 bridgehead atoms. The first-order valence-electron chi connectivity index (χ1n) is 5.24. The molecule has 0 aromatic heterocycles. The van der Waals surface area contributed by atoms with Gasteiger partial charge in [-0.05, 0) is 17.7 Å². The summed E-state index contributed by atoms with van der Waals surface area (Å²) in [6.07, 6.45) is 0. The van der Waals surface area contributed by atoms with Crippen LogP contribution in [0.4, 0.5) is 0 Å². The summed E-state index contributed by atoms with van der Waals surface area (Å²) in [4.78, 5) is 10.8. The molecule has 1 aromatic rings. The summed E-state index contributed by atoms with van der Waals surface area (Å²) in [6, 6.07) is 5.21. The average molecular weight is 253 g/mol. The lowest BCUT2D eigenvalue weighted by Crippen LogP contribution is -2.33. The van der Waals surface area contributed by atoms with Gasteiger partial charge in [-0.25, -0.2) is 0 Å². The molecule has 2 aliphatic heterocycles. The molecule has 2 aliphatic rings. The Morgan fingerprint density at radius 3 is 3.00 bits per heavy atom. The van der Waals surface area contributed by atoms with E-state index in [0.717, 1.165) is 17.1 Å². The summed E-state index contributed by atoms with van der Waals surface area (Å²) in [5, 5.41) is 12.0. The van der Waals surface area contributed by atoms with E-state index in [1.54, 1.807) is 11.8 Å². The molecule has 2 atom stereocenters. The third-order valence-electron chi connectivity index (χ3n) is 2.78. The van der Waals surface area contributed by atoms with E-state index in [2.05, 4.69) is 5.32 Å². The van der Waals surface area contributed by atoms with Crippen molar-refractivity contribution < 1.29 is 19.4 Å². The normalized spacial score (nSPS) is 26.1. The zero-order chi connectivity index (χ0) is 11.8. The van der Waals surface area contributed by atoms with Gasteiger partial charge in [0.1, 0.15) is 6.04 Å². The fraction of sp³-hybridized carbons (Fsp3) is 0.364. The van der Waals surface area contributed by atoms with Crippen LogP contribution in [0.1, 0.15) is 10.9 Å². The summed E-state index contributed by atoms with van der Waals surface area (Å²) in [7, 11) is 0.